The molecule has 0 atom stereocenters. The second-order valence-electron chi connectivity index (χ2n) is 7.06. The predicted molar refractivity (Wildman–Crippen MR) is 133 cm³/mol. The molecule has 0 saturated heterocycles. The fourth-order valence-electron chi connectivity index (χ4n) is 3.02. The Bertz CT molecular complexity index is 1190. The van der Waals surface area contributed by atoms with Crippen LogP contribution >= 0.6 is 11.9 Å². The number of carbonyl (C=O) groups excluding carboxylic acids is 1. The van der Waals surface area contributed by atoms with Crippen LogP contribution in [-0.2, 0) is 14.3 Å². The molecule has 14 nitrogen and oxygen atoms in total. The van der Waals surface area contributed by atoms with Crippen molar-refractivity contribution in [3.8, 4) is 0 Å². The third kappa shape index (κ3) is 7.70. The van der Waals surface area contributed by atoms with Crippen molar-refractivity contribution in [1.82, 2.24) is 0 Å². The Kier molecular flexibility index (Phi) is 10.7. The zero-order chi connectivity index (χ0) is 26.7. The van der Waals surface area contributed by atoms with Crippen molar-refractivity contribution >= 4 is 52.0 Å². The molecule has 0 aliphatic rings. The number of nitrogens with one attached hydrogen (secondary N) is 1. The highest BCUT2D eigenvalue weighted by molar-refractivity contribution is 8.01. The number of carbonyl (C=O) groups is 1. The molecular formula is C21H23N7O7S. The molecule has 2 rings (SSSR count). The number of anilines is 2. The Hall–Kier alpha value is -4.13. The average molecular weight is 518 g/mol. The van der Waals surface area contributed by atoms with E-state index in [4.69, 9.17) is 16.0 Å². The molecule has 36 heavy (non-hydrogen) atoms. The standard InChI is InChI=1S/C21H23N7O7S/c1-14(29)23-17-11-15(26(7-9-34-3)8-10-35-4)5-6-16(17)24-25-18-12-21(36-22-2)20(28(32)33)13-19(18)27(30)31/h5-6,11-13H,7-10H2,1,3-4H3,(H,23,29). The monoisotopic (exact) mass is 517 g/mol. The summed E-state index contributed by atoms with van der Waals surface area (Å²) >= 11 is 0.459. The Morgan fingerprint density at radius 2 is 1.67 bits per heavy atom. The third-order valence-electron chi connectivity index (χ3n) is 4.65. The smallest absolute Gasteiger partial charge is 0.303 e. The molecule has 0 aliphatic heterocycles. The Balaban J connectivity index is 2.54. The molecule has 0 aliphatic carbocycles. The Labute approximate surface area is 210 Å². The maximum absolute atomic E-state index is 11.8. The first-order valence-corrected chi connectivity index (χ1v) is 11.1. The number of methoxy groups -OCH3 is 2. The predicted octanol–water partition coefficient (Wildman–Crippen LogP) is 4.90. The first-order chi connectivity index (χ1) is 17.2. The molecule has 0 radical (unpaired) electrons. The van der Waals surface area contributed by atoms with E-state index in [0.29, 0.717) is 43.9 Å². The maximum atomic E-state index is 11.8. The van der Waals surface area contributed by atoms with Gasteiger partial charge in [-0.3, -0.25) is 25.0 Å². The highest BCUT2D eigenvalue weighted by atomic mass is 32.2. The highest BCUT2D eigenvalue weighted by Gasteiger charge is 2.27. The number of azo groups is 1. The lowest BCUT2D eigenvalue weighted by molar-refractivity contribution is -0.395. The number of benzene rings is 2. The number of nitrogens with zero attached hydrogens (tertiary/aromatic N) is 6. The van der Waals surface area contributed by atoms with Crippen molar-refractivity contribution in [3.63, 3.8) is 0 Å². The zero-order valence-electron chi connectivity index (χ0n) is 19.7. The number of amides is 1. The summed E-state index contributed by atoms with van der Waals surface area (Å²) in [6.45, 7) is 10.3. The number of rotatable bonds is 13. The van der Waals surface area contributed by atoms with Gasteiger partial charge in [-0.05, 0) is 18.2 Å². The fourth-order valence-corrected chi connectivity index (χ4v) is 3.51. The van der Waals surface area contributed by atoms with Gasteiger partial charge in [-0.15, -0.1) is 10.2 Å². The summed E-state index contributed by atoms with van der Waals surface area (Å²) in [5, 5.41) is 33.4. The van der Waals surface area contributed by atoms with Gasteiger partial charge in [0.25, 0.3) is 5.69 Å². The summed E-state index contributed by atoms with van der Waals surface area (Å²) in [5.41, 5.74) is -0.288. The number of hydrogen-bond donors (Lipinski definition) is 1. The van der Waals surface area contributed by atoms with Crippen LogP contribution in [0.2, 0.25) is 0 Å². The largest absolute Gasteiger partial charge is 0.383 e. The minimum atomic E-state index is -0.824. The van der Waals surface area contributed by atoms with Gasteiger partial charge < -0.3 is 19.7 Å². The zero-order valence-corrected chi connectivity index (χ0v) is 20.5. The van der Waals surface area contributed by atoms with Crippen molar-refractivity contribution in [1.29, 1.82) is 0 Å². The van der Waals surface area contributed by atoms with Gasteiger partial charge in [-0.25, -0.2) is 10.8 Å². The summed E-state index contributed by atoms with van der Waals surface area (Å²) in [4.78, 5) is 34.8. The van der Waals surface area contributed by atoms with Gasteiger partial charge >= 0.3 is 17.6 Å². The molecule has 1 amide bonds. The molecule has 190 valence electrons. The SMILES string of the molecule is [C-]#[N+]Sc1cc(N=Nc2ccc(N(CCOC)CCOC)cc2NC(C)=O)c([N+](=O)[O-])cc1[N+](=O)[O-]. The molecule has 1 N–H and O–H groups in total. The molecule has 0 unspecified atom stereocenters. The van der Waals surface area contributed by atoms with E-state index in [1.807, 2.05) is 4.90 Å². The molecule has 0 heterocycles. The fraction of sp³-hybridized carbons (Fsp3) is 0.333. The molecule has 15 heteroatoms. The van der Waals surface area contributed by atoms with Crippen LogP contribution < -0.4 is 10.2 Å². The summed E-state index contributed by atoms with van der Waals surface area (Å²) in [5.74, 6) is -0.374. The van der Waals surface area contributed by atoms with Crippen LogP contribution in [0.4, 0.5) is 34.1 Å². The normalized spacial score (nSPS) is 10.7. The molecule has 0 bridgehead atoms. The lowest BCUT2D eigenvalue weighted by Gasteiger charge is -2.25. The van der Waals surface area contributed by atoms with Gasteiger partial charge in [0.2, 0.25) is 5.91 Å². The van der Waals surface area contributed by atoms with Crippen molar-refractivity contribution < 1.29 is 24.1 Å². The molecule has 0 fully saturated rings. The molecule has 0 aromatic heterocycles. The summed E-state index contributed by atoms with van der Waals surface area (Å²) in [7, 11) is 3.17. The van der Waals surface area contributed by atoms with Crippen molar-refractivity contribution in [3.05, 3.63) is 61.4 Å². The molecule has 0 saturated carbocycles. The van der Waals surface area contributed by atoms with E-state index in [-0.39, 0.29) is 22.2 Å². The summed E-state index contributed by atoms with van der Waals surface area (Å²) in [6.07, 6.45) is 0. The van der Waals surface area contributed by atoms with Crippen LogP contribution in [0.1, 0.15) is 6.92 Å². The number of nitro groups is 2. The number of ether oxygens (including phenoxy) is 2. The quantitative estimate of drug-likeness (QED) is 0.128. The van der Waals surface area contributed by atoms with E-state index in [1.165, 1.54) is 6.92 Å². The van der Waals surface area contributed by atoms with Crippen molar-refractivity contribution in [2.45, 2.75) is 11.8 Å². The van der Waals surface area contributed by atoms with Crippen LogP contribution in [0, 0.1) is 26.8 Å². The minimum Gasteiger partial charge on any atom is -0.383 e. The third-order valence-corrected chi connectivity index (χ3v) is 5.26. The van der Waals surface area contributed by atoms with Crippen LogP contribution in [0.25, 0.3) is 4.25 Å². The molecular weight excluding hydrogens is 494 g/mol. The van der Waals surface area contributed by atoms with Crippen LogP contribution in [-0.4, -0.2) is 56.3 Å². The highest BCUT2D eigenvalue weighted by Crippen LogP contribution is 2.41. The van der Waals surface area contributed by atoms with E-state index < -0.39 is 21.2 Å². The van der Waals surface area contributed by atoms with Crippen molar-refractivity contribution in [2.24, 2.45) is 10.2 Å². The summed E-state index contributed by atoms with van der Waals surface area (Å²) in [6, 6.07) is 6.78. The second-order valence-corrected chi connectivity index (χ2v) is 7.87. The van der Waals surface area contributed by atoms with E-state index in [2.05, 4.69) is 19.8 Å². The van der Waals surface area contributed by atoms with Crippen LogP contribution in [0.5, 0.6) is 0 Å². The minimum absolute atomic E-state index is 0.112. The number of hydrogen-bond acceptors (Lipinski definition) is 11. The van der Waals surface area contributed by atoms with Crippen LogP contribution in [0.15, 0.2) is 45.5 Å². The molecule has 0 spiro atoms. The Morgan fingerprint density at radius 1 is 1.06 bits per heavy atom. The van der Waals surface area contributed by atoms with Gasteiger partial charge in [0, 0.05) is 46.0 Å². The molecule has 2 aromatic carbocycles. The van der Waals surface area contributed by atoms with Crippen molar-refractivity contribution in [2.75, 3.05) is 50.7 Å². The Morgan fingerprint density at radius 3 is 2.19 bits per heavy atom. The lowest BCUT2D eigenvalue weighted by Crippen LogP contribution is -2.30. The van der Waals surface area contributed by atoms with Gasteiger partial charge in [-0.1, -0.05) is 0 Å². The van der Waals surface area contributed by atoms with Crippen LogP contribution in [0.3, 0.4) is 0 Å². The van der Waals surface area contributed by atoms with E-state index in [0.717, 1.165) is 17.8 Å². The lowest BCUT2D eigenvalue weighted by atomic mass is 10.2. The van der Waals surface area contributed by atoms with E-state index in [1.54, 1.807) is 32.4 Å². The second kappa shape index (κ2) is 13.7. The first kappa shape index (κ1) is 28.1. The summed E-state index contributed by atoms with van der Waals surface area (Å²) < 4.78 is 13.4. The van der Waals surface area contributed by atoms with Gasteiger partial charge in [0.15, 0.2) is 10.6 Å². The van der Waals surface area contributed by atoms with Gasteiger partial charge in [-0.2, -0.15) is 0 Å². The topological polar surface area (TPSA) is 166 Å². The first-order valence-electron chi connectivity index (χ1n) is 10.3. The van der Waals surface area contributed by atoms with E-state index >= 15 is 0 Å². The average Bonchev–Trinajstić information content (AvgIpc) is 2.83. The number of nitro benzene ring substituents is 2. The van der Waals surface area contributed by atoms with E-state index in [9.17, 15) is 25.0 Å². The van der Waals surface area contributed by atoms with Gasteiger partial charge in [0.05, 0.1) is 34.8 Å². The molecule has 2 aromatic rings. The maximum Gasteiger partial charge on any atom is 0.303 e. The van der Waals surface area contributed by atoms with Gasteiger partial charge in [0.1, 0.15) is 5.69 Å².